The van der Waals surface area contributed by atoms with Crippen molar-refractivity contribution < 1.29 is 17.9 Å². The summed E-state index contributed by atoms with van der Waals surface area (Å²) in [5, 5.41) is 0. The second-order valence-electron chi connectivity index (χ2n) is 4.32. The van der Waals surface area contributed by atoms with Gasteiger partial charge in [-0.05, 0) is 23.8 Å². The molecule has 0 spiro atoms. The molecule has 0 aliphatic heterocycles. The number of hydrazine groups is 1. The number of nitrogens with two attached hydrogens (primary N) is 1. The number of pyridine rings is 1. The van der Waals surface area contributed by atoms with E-state index >= 15 is 0 Å². The molecule has 0 bridgehead atoms. The minimum absolute atomic E-state index is 0.361. The highest BCUT2D eigenvalue weighted by molar-refractivity contribution is 5.38. The largest absolute Gasteiger partial charge is 0.481 e. The van der Waals surface area contributed by atoms with E-state index in [2.05, 4.69) is 10.4 Å². The van der Waals surface area contributed by atoms with Crippen LogP contribution >= 0.6 is 0 Å². The number of nitrogens with zero attached hydrogens (tertiary/aromatic N) is 1. The maximum absolute atomic E-state index is 12.6. The summed E-state index contributed by atoms with van der Waals surface area (Å²) < 4.78 is 42.9. The van der Waals surface area contributed by atoms with E-state index in [1.807, 2.05) is 0 Å². The monoisotopic (exact) mass is 297 g/mol. The van der Waals surface area contributed by atoms with Crippen LogP contribution in [0.5, 0.6) is 5.88 Å². The van der Waals surface area contributed by atoms with Crippen molar-refractivity contribution >= 4 is 0 Å². The van der Waals surface area contributed by atoms with Crippen molar-refractivity contribution in [2.24, 2.45) is 5.84 Å². The normalized spacial score (nSPS) is 13.0. The predicted molar refractivity (Wildman–Crippen MR) is 71.4 cm³/mol. The SMILES string of the molecule is COc1ncccc1C(NN)c1ccc(C(F)(F)F)cc1. The molecule has 0 aliphatic rings. The zero-order chi connectivity index (χ0) is 15.5. The van der Waals surface area contributed by atoms with Gasteiger partial charge < -0.3 is 4.74 Å². The first-order chi connectivity index (χ1) is 9.97. The standard InChI is InChI=1S/C14H14F3N3O/c1-21-13-11(3-2-8-19-13)12(20-18)9-4-6-10(7-5-9)14(15,16)17/h2-8,12,20H,18H2,1H3. The van der Waals surface area contributed by atoms with E-state index in [1.165, 1.54) is 19.2 Å². The predicted octanol–water partition coefficient (Wildman–Crippen LogP) is 2.66. The smallest absolute Gasteiger partial charge is 0.416 e. The Labute approximate surface area is 119 Å². The van der Waals surface area contributed by atoms with E-state index in [1.54, 1.807) is 18.3 Å². The average molecular weight is 297 g/mol. The molecule has 0 aliphatic carbocycles. The molecule has 3 N–H and O–H groups in total. The fourth-order valence-electron chi connectivity index (χ4n) is 2.02. The van der Waals surface area contributed by atoms with Gasteiger partial charge in [-0.25, -0.2) is 10.4 Å². The number of benzene rings is 1. The lowest BCUT2D eigenvalue weighted by Crippen LogP contribution is -2.29. The lowest BCUT2D eigenvalue weighted by Gasteiger charge is -2.19. The van der Waals surface area contributed by atoms with Gasteiger partial charge in [0.05, 0.1) is 18.7 Å². The van der Waals surface area contributed by atoms with E-state index in [-0.39, 0.29) is 0 Å². The minimum Gasteiger partial charge on any atom is -0.481 e. The van der Waals surface area contributed by atoms with E-state index in [0.717, 1.165) is 12.1 Å². The topological polar surface area (TPSA) is 60.2 Å². The molecule has 7 heteroatoms. The third-order valence-corrected chi connectivity index (χ3v) is 3.04. The Balaban J connectivity index is 2.38. The highest BCUT2D eigenvalue weighted by Gasteiger charge is 2.30. The molecule has 2 aromatic rings. The Kier molecular flexibility index (Phi) is 4.44. The number of nitrogens with one attached hydrogen (secondary N) is 1. The molecule has 2 rings (SSSR count). The fourth-order valence-corrected chi connectivity index (χ4v) is 2.02. The molecule has 0 saturated heterocycles. The van der Waals surface area contributed by atoms with Crippen LogP contribution in [0.3, 0.4) is 0 Å². The summed E-state index contributed by atoms with van der Waals surface area (Å²) >= 11 is 0. The maximum Gasteiger partial charge on any atom is 0.416 e. The van der Waals surface area contributed by atoms with Crippen molar-refractivity contribution in [2.45, 2.75) is 12.2 Å². The van der Waals surface area contributed by atoms with Crippen LogP contribution in [-0.2, 0) is 6.18 Å². The van der Waals surface area contributed by atoms with Crippen molar-refractivity contribution in [3.05, 3.63) is 59.3 Å². The lowest BCUT2D eigenvalue weighted by atomic mass is 9.99. The van der Waals surface area contributed by atoms with E-state index in [9.17, 15) is 13.2 Å². The lowest BCUT2D eigenvalue weighted by molar-refractivity contribution is -0.137. The highest BCUT2D eigenvalue weighted by atomic mass is 19.4. The van der Waals surface area contributed by atoms with Gasteiger partial charge in [0.1, 0.15) is 0 Å². The molecule has 21 heavy (non-hydrogen) atoms. The maximum atomic E-state index is 12.6. The van der Waals surface area contributed by atoms with Crippen molar-refractivity contribution in [3.63, 3.8) is 0 Å². The molecular formula is C14H14F3N3O. The van der Waals surface area contributed by atoms with Gasteiger partial charge in [0.25, 0.3) is 0 Å². The summed E-state index contributed by atoms with van der Waals surface area (Å²) in [5.41, 5.74) is 3.08. The molecule has 112 valence electrons. The third kappa shape index (κ3) is 3.32. The molecule has 0 fully saturated rings. The van der Waals surface area contributed by atoms with Crippen LogP contribution in [0.2, 0.25) is 0 Å². The molecule has 4 nitrogen and oxygen atoms in total. The zero-order valence-electron chi connectivity index (χ0n) is 11.2. The Morgan fingerprint density at radius 2 is 1.86 bits per heavy atom. The van der Waals surface area contributed by atoms with Gasteiger partial charge in [0, 0.05) is 11.8 Å². The first-order valence-electron chi connectivity index (χ1n) is 6.09. The van der Waals surface area contributed by atoms with E-state index in [4.69, 9.17) is 10.6 Å². The minimum atomic E-state index is -4.36. The summed E-state index contributed by atoms with van der Waals surface area (Å²) in [6.45, 7) is 0. The molecule has 1 unspecified atom stereocenters. The van der Waals surface area contributed by atoms with Gasteiger partial charge in [0.15, 0.2) is 0 Å². The Morgan fingerprint density at radius 3 is 2.38 bits per heavy atom. The van der Waals surface area contributed by atoms with E-state index < -0.39 is 17.8 Å². The molecule has 1 heterocycles. The fraction of sp³-hybridized carbons (Fsp3) is 0.214. The molecular weight excluding hydrogens is 283 g/mol. The summed E-state index contributed by atoms with van der Waals surface area (Å²) in [5.74, 6) is 5.89. The Hall–Kier alpha value is -2.12. The summed E-state index contributed by atoms with van der Waals surface area (Å²) in [4.78, 5) is 4.05. The summed E-state index contributed by atoms with van der Waals surface area (Å²) in [6, 6.07) is 7.71. The van der Waals surface area contributed by atoms with E-state index in [0.29, 0.717) is 17.0 Å². The Bertz CT molecular complexity index is 599. The third-order valence-electron chi connectivity index (χ3n) is 3.04. The Morgan fingerprint density at radius 1 is 1.19 bits per heavy atom. The van der Waals surface area contributed by atoms with Gasteiger partial charge >= 0.3 is 6.18 Å². The summed E-state index contributed by atoms with van der Waals surface area (Å²) in [6.07, 6.45) is -2.81. The number of methoxy groups -OCH3 is 1. The van der Waals surface area contributed by atoms with Gasteiger partial charge in [-0.3, -0.25) is 5.84 Å². The van der Waals surface area contributed by atoms with Gasteiger partial charge in [-0.15, -0.1) is 0 Å². The number of alkyl halides is 3. The van der Waals surface area contributed by atoms with Gasteiger partial charge in [0.2, 0.25) is 5.88 Å². The quantitative estimate of drug-likeness (QED) is 0.673. The van der Waals surface area contributed by atoms with Crippen LogP contribution in [0.4, 0.5) is 13.2 Å². The van der Waals surface area contributed by atoms with Crippen LogP contribution in [0, 0.1) is 0 Å². The first kappa shape index (κ1) is 15.3. The van der Waals surface area contributed by atoms with Crippen LogP contribution in [-0.4, -0.2) is 12.1 Å². The van der Waals surface area contributed by atoms with Crippen LogP contribution in [0.25, 0.3) is 0 Å². The number of rotatable bonds is 4. The molecule has 1 aromatic carbocycles. The number of ether oxygens (including phenoxy) is 1. The second kappa shape index (κ2) is 6.11. The van der Waals surface area contributed by atoms with Crippen LogP contribution < -0.4 is 16.0 Å². The number of aromatic nitrogens is 1. The molecule has 0 saturated carbocycles. The van der Waals surface area contributed by atoms with Crippen molar-refractivity contribution in [2.75, 3.05) is 7.11 Å². The van der Waals surface area contributed by atoms with Crippen LogP contribution in [0.15, 0.2) is 42.6 Å². The average Bonchev–Trinajstić information content (AvgIpc) is 2.48. The van der Waals surface area contributed by atoms with Crippen molar-refractivity contribution in [1.29, 1.82) is 0 Å². The molecule has 1 atom stereocenters. The zero-order valence-corrected chi connectivity index (χ0v) is 11.2. The van der Waals surface area contributed by atoms with Crippen molar-refractivity contribution in [1.82, 2.24) is 10.4 Å². The molecule has 1 aromatic heterocycles. The van der Waals surface area contributed by atoms with Crippen molar-refractivity contribution in [3.8, 4) is 5.88 Å². The summed E-state index contributed by atoms with van der Waals surface area (Å²) in [7, 11) is 1.46. The molecule has 0 amide bonds. The van der Waals surface area contributed by atoms with Crippen LogP contribution in [0.1, 0.15) is 22.7 Å². The highest BCUT2D eigenvalue weighted by Crippen LogP contribution is 2.32. The second-order valence-corrected chi connectivity index (χ2v) is 4.32. The number of hydrogen-bond donors (Lipinski definition) is 2. The first-order valence-corrected chi connectivity index (χ1v) is 6.09. The number of halogens is 3. The van der Waals surface area contributed by atoms with Gasteiger partial charge in [-0.1, -0.05) is 18.2 Å². The van der Waals surface area contributed by atoms with Gasteiger partial charge in [-0.2, -0.15) is 13.2 Å². The molecule has 0 radical (unpaired) electrons. The number of hydrogen-bond acceptors (Lipinski definition) is 4.